The van der Waals surface area contributed by atoms with Crippen molar-refractivity contribution < 1.29 is 9.53 Å². The van der Waals surface area contributed by atoms with Crippen molar-refractivity contribution in [1.29, 1.82) is 0 Å². The molecule has 2 saturated heterocycles. The number of rotatable bonds is 3. The zero-order chi connectivity index (χ0) is 10.7. The van der Waals surface area contributed by atoms with Gasteiger partial charge in [0.1, 0.15) is 0 Å². The van der Waals surface area contributed by atoms with E-state index in [1.807, 2.05) is 4.90 Å². The van der Waals surface area contributed by atoms with Gasteiger partial charge in [0.05, 0.1) is 12.6 Å². The zero-order valence-corrected chi connectivity index (χ0v) is 10.6. The first-order chi connectivity index (χ1) is 7.31. The third-order valence-electron chi connectivity index (χ3n) is 3.36. The summed E-state index contributed by atoms with van der Waals surface area (Å²) in [6, 6.07) is 0.0892. The lowest BCUT2D eigenvalue weighted by molar-refractivity contribution is -0.132. The van der Waals surface area contributed by atoms with Gasteiger partial charge >= 0.3 is 0 Å². The Bertz CT molecular complexity index is 232. The van der Waals surface area contributed by atoms with E-state index in [1.165, 1.54) is 0 Å². The van der Waals surface area contributed by atoms with Crippen molar-refractivity contribution in [1.82, 2.24) is 10.2 Å². The van der Waals surface area contributed by atoms with Crippen LogP contribution in [0, 0.1) is 5.92 Å². The largest absolute Gasteiger partial charge is 0.384 e. The Morgan fingerprint density at radius 1 is 1.50 bits per heavy atom. The van der Waals surface area contributed by atoms with Gasteiger partial charge in [0, 0.05) is 26.1 Å². The number of hydrogen-bond acceptors (Lipinski definition) is 3. The maximum absolute atomic E-state index is 12.0. The number of likely N-dealkylation sites (tertiary alicyclic amines) is 1. The van der Waals surface area contributed by atoms with Crippen LogP contribution in [0.3, 0.4) is 0 Å². The molecule has 2 atom stereocenters. The maximum Gasteiger partial charge on any atom is 0.239 e. The Morgan fingerprint density at radius 2 is 2.31 bits per heavy atom. The minimum Gasteiger partial charge on any atom is -0.384 e. The molecule has 5 heteroatoms. The summed E-state index contributed by atoms with van der Waals surface area (Å²) in [4.78, 5) is 14.0. The summed E-state index contributed by atoms with van der Waals surface area (Å²) in [7, 11) is 1.73. The molecule has 0 aromatic heterocycles. The molecule has 0 aromatic rings. The normalized spacial score (nSPS) is 29.2. The summed E-state index contributed by atoms with van der Waals surface area (Å²) >= 11 is 0. The smallest absolute Gasteiger partial charge is 0.239 e. The number of nitrogens with zero attached hydrogens (tertiary/aromatic N) is 1. The fourth-order valence-corrected chi connectivity index (χ4v) is 2.52. The van der Waals surface area contributed by atoms with E-state index in [0.29, 0.717) is 11.8 Å². The topological polar surface area (TPSA) is 41.6 Å². The molecule has 4 nitrogen and oxygen atoms in total. The highest BCUT2D eigenvalue weighted by Gasteiger charge is 2.31. The van der Waals surface area contributed by atoms with Crippen molar-refractivity contribution in [2.75, 3.05) is 33.4 Å². The highest BCUT2D eigenvalue weighted by atomic mass is 35.5. The summed E-state index contributed by atoms with van der Waals surface area (Å²) < 4.78 is 5.13. The molecule has 1 N–H and O–H groups in total. The molecule has 2 rings (SSSR count). The van der Waals surface area contributed by atoms with Crippen molar-refractivity contribution in [3.8, 4) is 0 Å². The predicted octanol–water partition coefficient (Wildman–Crippen LogP) is 0.655. The highest BCUT2D eigenvalue weighted by Crippen LogP contribution is 2.19. The van der Waals surface area contributed by atoms with Crippen LogP contribution in [-0.4, -0.2) is 50.2 Å². The molecule has 16 heavy (non-hydrogen) atoms. The molecular weight excluding hydrogens is 228 g/mol. The first kappa shape index (κ1) is 13.7. The standard InChI is InChI=1S/C11H20N2O2.ClH/c1-15-8-9-4-6-13(7-9)11(14)10-3-2-5-12-10;/h9-10,12H,2-8H2,1H3;1H. The average Bonchev–Trinajstić information content (AvgIpc) is 2.87. The van der Waals surface area contributed by atoms with E-state index in [4.69, 9.17) is 4.74 Å². The van der Waals surface area contributed by atoms with Crippen LogP contribution >= 0.6 is 12.4 Å². The van der Waals surface area contributed by atoms with Crippen LogP contribution in [0.5, 0.6) is 0 Å². The molecule has 2 aliphatic rings. The number of ether oxygens (including phenoxy) is 1. The van der Waals surface area contributed by atoms with Gasteiger partial charge in [0.15, 0.2) is 0 Å². The fourth-order valence-electron chi connectivity index (χ4n) is 2.52. The van der Waals surface area contributed by atoms with Gasteiger partial charge in [0.25, 0.3) is 0 Å². The fraction of sp³-hybridized carbons (Fsp3) is 0.909. The lowest BCUT2D eigenvalue weighted by atomic mass is 10.1. The number of nitrogens with one attached hydrogen (secondary N) is 1. The molecule has 94 valence electrons. The van der Waals surface area contributed by atoms with Crippen molar-refractivity contribution in [2.45, 2.75) is 25.3 Å². The first-order valence-corrected chi connectivity index (χ1v) is 5.82. The summed E-state index contributed by atoms with van der Waals surface area (Å²) in [6.45, 7) is 3.56. The molecular formula is C11H21ClN2O2. The molecule has 0 saturated carbocycles. The Kier molecular flexibility index (Phi) is 5.52. The van der Waals surface area contributed by atoms with Gasteiger partial charge in [-0.3, -0.25) is 4.79 Å². The Hall–Kier alpha value is -0.320. The Balaban J connectivity index is 0.00000128. The molecule has 2 heterocycles. The van der Waals surface area contributed by atoms with Gasteiger partial charge < -0.3 is 15.0 Å². The van der Waals surface area contributed by atoms with E-state index < -0.39 is 0 Å². The van der Waals surface area contributed by atoms with Gasteiger partial charge in [-0.05, 0) is 25.8 Å². The predicted molar refractivity (Wildman–Crippen MR) is 64.8 cm³/mol. The summed E-state index contributed by atoms with van der Waals surface area (Å²) in [5.74, 6) is 0.839. The van der Waals surface area contributed by atoms with Gasteiger partial charge in [-0.15, -0.1) is 12.4 Å². The molecule has 0 bridgehead atoms. The van der Waals surface area contributed by atoms with Gasteiger partial charge in [-0.2, -0.15) is 0 Å². The monoisotopic (exact) mass is 248 g/mol. The van der Waals surface area contributed by atoms with Crippen LogP contribution in [0.4, 0.5) is 0 Å². The molecule has 0 aromatic carbocycles. The molecule has 0 spiro atoms. The van der Waals surface area contributed by atoms with E-state index in [1.54, 1.807) is 7.11 Å². The van der Waals surface area contributed by atoms with Crippen LogP contribution in [0.2, 0.25) is 0 Å². The summed E-state index contributed by atoms with van der Waals surface area (Å²) in [6.07, 6.45) is 3.22. The van der Waals surface area contributed by atoms with E-state index >= 15 is 0 Å². The van der Waals surface area contributed by atoms with Gasteiger partial charge in [-0.1, -0.05) is 0 Å². The van der Waals surface area contributed by atoms with E-state index in [2.05, 4.69) is 5.32 Å². The molecule has 2 aliphatic heterocycles. The molecule has 2 unspecified atom stereocenters. The van der Waals surface area contributed by atoms with Crippen molar-refractivity contribution in [3.63, 3.8) is 0 Å². The lowest BCUT2D eigenvalue weighted by Crippen LogP contribution is -2.42. The second-order valence-electron chi connectivity index (χ2n) is 4.54. The average molecular weight is 249 g/mol. The minimum atomic E-state index is 0. The van der Waals surface area contributed by atoms with Crippen molar-refractivity contribution in [3.05, 3.63) is 0 Å². The molecule has 0 aliphatic carbocycles. The van der Waals surface area contributed by atoms with Crippen LogP contribution in [-0.2, 0) is 9.53 Å². The summed E-state index contributed by atoms with van der Waals surface area (Å²) in [5, 5.41) is 3.26. The Labute approximate surface area is 103 Å². The highest BCUT2D eigenvalue weighted by molar-refractivity contribution is 5.85. The molecule has 1 amide bonds. The van der Waals surface area contributed by atoms with Gasteiger partial charge in [-0.25, -0.2) is 0 Å². The lowest BCUT2D eigenvalue weighted by Gasteiger charge is -2.20. The van der Waals surface area contributed by atoms with Gasteiger partial charge in [0.2, 0.25) is 5.91 Å². The second-order valence-corrected chi connectivity index (χ2v) is 4.54. The minimum absolute atomic E-state index is 0. The van der Waals surface area contributed by atoms with E-state index in [0.717, 1.165) is 45.5 Å². The number of halogens is 1. The SMILES string of the molecule is COCC1CCN(C(=O)C2CCCN2)C1.Cl. The van der Waals surface area contributed by atoms with Crippen molar-refractivity contribution in [2.24, 2.45) is 5.92 Å². The third kappa shape index (κ3) is 3.09. The maximum atomic E-state index is 12.0. The Morgan fingerprint density at radius 3 is 2.94 bits per heavy atom. The molecule has 2 fully saturated rings. The van der Waals surface area contributed by atoms with E-state index in [9.17, 15) is 4.79 Å². The quantitative estimate of drug-likeness (QED) is 0.798. The van der Waals surface area contributed by atoms with Crippen LogP contribution in [0.1, 0.15) is 19.3 Å². The van der Waals surface area contributed by atoms with Crippen LogP contribution in [0.15, 0.2) is 0 Å². The van der Waals surface area contributed by atoms with E-state index in [-0.39, 0.29) is 18.4 Å². The second kappa shape index (κ2) is 6.42. The zero-order valence-electron chi connectivity index (χ0n) is 9.78. The number of methoxy groups -OCH3 is 1. The van der Waals surface area contributed by atoms with Crippen LogP contribution < -0.4 is 5.32 Å². The first-order valence-electron chi connectivity index (χ1n) is 5.82. The summed E-state index contributed by atoms with van der Waals surface area (Å²) in [5.41, 5.74) is 0. The number of amides is 1. The number of carbonyl (C=O) groups excluding carboxylic acids is 1. The van der Waals surface area contributed by atoms with Crippen LogP contribution in [0.25, 0.3) is 0 Å². The third-order valence-corrected chi connectivity index (χ3v) is 3.36. The molecule has 0 radical (unpaired) electrons. The number of hydrogen-bond donors (Lipinski definition) is 1. The number of carbonyl (C=O) groups is 1. The van der Waals surface area contributed by atoms with Crippen molar-refractivity contribution >= 4 is 18.3 Å².